The Morgan fingerprint density at radius 1 is 1.10 bits per heavy atom. The Labute approximate surface area is 120 Å². The number of amides is 1. The third-order valence-electron chi connectivity index (χ3n) is 4.94. The molecule has 1 aliphatic carbocycles. The fraction of sp³-hybridized carbons (Fsp3) is 0.867. The first-order valence-electron chi connectivity index (χ1n) is 7.65. The summed E-state index contributed by atoms with van der Waals surface area (Å²) < 4.78 is 0. The average molecular weight is 283 g/mol. The Bertz CT molecular complexity index is 355. The smallest absolute Gasteiger partial charge is 0.303 e. The van der Waals surface area contributed by atoms with Gasteiger partial charge in [0.2, 0.25) is 5.91 Å². The zero-order valence-electron chi connectivity index (χ0n) is 12.0. The van der Waals surface area contributed by atoms with E-state index in [1.165, 1.54) is 0 Å². The van der Waals surface area contributed by atoms with E-state index in [1.54, 1.807) is 0 Å². The number of aliphatic hydroxyl groups excluding tert-OH is 1. The van der Waals surface area contributed by atoms with Crippen LogP contribution in [0.2, 0.25) is 0 Å². The van der Waals surface area contributed by atoms with Crippen LogP contribution in [0, 0.1) is 11.3 Å². The van der Waals surface area contributed by atoms with Gasteiger partial charge in [-0.1, -0.05) is 12.8 Å². The number of hydrogen-bond acceptors (Lipinski definition) is 3. The molecule has 1 amide bonds. The highest BCUT2D eigenvalue weighted by Gasteiger charge is 2.39. The van der Waals surface area contributed by atoms with Gasteiger partial charge in [-0.15, -0.1) is 0 Å². The lowest BCUT2D eigenvalue weighted by Gasteiger charge is -2.34. The minimum absolute atomic E-state index is 0.101. The number of likely N-dealkylation sites (tertiary alicyclic amines) is 1. The topological polar surface area (TPSA) is 77.8 Å². The van der Waals surface area contributed by atoms with E-state index in [0.29, 0.717) is 25.4 Å². The Balaban J connectivity index is 1.90. The predicted octanol–water partition coefficient (Wildman–Crippen LogP) is 1.64. The van der Waals surface area contributed by atoms with Gasteiger partial charge in [-0.2, -0.15) is 0 Å². The van der Waals surface area contributed by atoms with Gasteiger partial charge in [0.05, 0.1) is 6.42 Å². The van der Waals surface area contributed by atoms with Crippen LogP contribution in [0.15, 0.2) is 0 Å². The Morgan fingerprint density at radius 3 is 2.20 bits per heavy atom. The first-order chi connectivity index (χ1) is 9.54. The molecule has 114 valence electrons. The second-order valence-electron chi connectivity index (χ2n) is 6.46. The molecule has 0 unspecified atom stereocenters. The van der Waals surface area contributed by atoms with Crippen molar-refractivity contribution in [2.24, 2.45) is 11.3 Å². The Hall–Kier alpha value is -1.10. The van der Waals surface area contributed by atoms with Crippen LogP contribution in [0.5, 0.6) is 0 Å². The fourth-order valence-electron chi connectivity index (χ4n) is 3.66. The summed E-state index contributed by atoms with van der Waals surface area (Å²) in [7, 11) is 0. The molecule has 1 aliphatic heterocycles. The second kappa shape index (κ2) is 6.57. The van der Waals surface area contributed by atoms with Gasteiger partial charge in [-0.25, -0.2) is 0 Å². The molecule has 5 heteroatoms. The molecule has 0 radical (unpaired) electrons. The number of carbonyl (C=O) groups excluding carboxylic acids is 1. The van der Waals surface area contributed by atoms with Crippen LogP contribution in [0.3, 0.4) is 0 Å². The van der Waals surface area contributed by atoms with Gasteiger partial charge < -0.3 is 15.1 Å². The lowest BCUT2D eigenvalue weighted by atomic mass is 9.79. The number of piperidine rings is 1. The van der Waals surface area contributed by atoms with Crippen molar-refractivity contribution in [1.82, 2.24) is 4.90 Å². The van der Waals surface area contributed by atoms with E-state index in [9.17, 15) is 9.59 Å². The maximum atomic E-state index is 12.4. The van der Waals surface area contributed by atoms with E-state index < -0.39 is 5.97 Å². The van der Waals surface area contributed by atoms with Crippen molar-refractivity contribution in [3.8, 4) is 0 Å². The predicted molar refractivity (Wildman–Crippen MR) is 74.2 cm³/mol. The molecule has 2 rings (SSSR count). The van der Waals surface area contributed by atoms with Crippen molar-refractivity contribution in [2.45, 2.75) is 51.4 Å². The molecule has 0 aromatic rings. The SMILES string of the molecule is O=C(O)CC1(CC(=O)N2CCC(CO)CC2)CCCC1. The lowest BCUT2D eigenvalue weighted by molar-refractivity contribution is -0.142. The van der Waals surface area contributed by atoms with E-state index in [2.05, 4.69) is 0 Å². The third-order valence-corrected chi connectivity index (χ3v) is 4.94. The van der Waals surface area contributed by atoms with Crippen LogP contribution in [0.1, 0.15) is 51.4 Å². The minimum atomic E-state index is -0.793. The Morgan fingerprint density at radius 2 is 1.70 bits per heavy atom. The summed E-state index contributed by atoms with van der Waals surface area (Å²) in [6.07, 6.45) is 5.99. The van der Waals surface area contributed by atoms with Gasteiger partial charge in [0.15, 0.2) is 0 Å². The highest BCUT2D eigenvalue weighted by molar-refractivity contribution is 5.78. The number of hydrogen-bond donors (Lipinski definition) is 2. The van der Waals surface area contributed by atoms with E-state index >= 15 is 0 Å². The van der Waals surface area contributed by atoms with E-state index in [4.69, 9.17) is 10.2 Å². The molecule has 1 heterocycles. The zero-order chi connectivity index (χ0) is 14.6. The number of rotatable bonds is 5. The zero-order valence-corrected chi connectivity index (χ0v) is 12.0. The van der Waals surface area contributed by atoms with Crippen LogP contribution >= 0.6 is 0 Å². The highest BCUT2D eigenvalue weighted by Crippen LogP contribution is 2.44. The summed E-state index contributed by atoms with van der Waals surface area (Å²) in [5.74, 6) is -0.373. The van der Waals surface area contributed by atoms with Crippen LogP contribution in [-0.4, -0.2) is 46.7 Å². The highest BCUT2D eigenvalue weighted by atomic mass is 16.4. The van der Waals surface area contributed by atoms with Crippen molar-refractivity contribution < 1.29 is 19.8 Å². The molecule has 0 bridgehead atoms. The van der Waals surface area contributed by atoms with Gasteiger partial charge in [0.1, 0.15) is 0 Å². The van der Waals surface area contributed by atoms with Gasteiger partial charge in [-0.05, 0) is 37.0 Å². The summed E-state index contributed by atoms with van der Waals surface area (Å²) in [6.45, 7) is 1.60. The number of aliphatic hydroxyl groups is 1. The first kappa shape index (κ1) is 15.3. The van der Waals surface area contributed by atoms with Crippen LogP contribution < -0.4 is 0 Å². The number of aliphatic carboxylic acids is 1. The maximum Gasteiger partial charge on any atom is 0.303 e. The number of nitrogens with zero attached hydrogens (tertiary/aromatic N) is 1. The van der Waals surface area contributed by atoms with E-state index in [0.717, 1.165) is 38.5 Å². The minimum Gasteiger partial charge on any atom is -0.481 e. The molecule has 0 spiro atoms. The third kappa shape index (κ3) is 3.72. The molecular formula is C15H25NO4. The molecule has 2 N–H and O–H groups in total. The summed E-state index contributed by atoms with van der Waals surface area (Å²) in [6, 6.07) is 0. The summed E-state index contributed by atoms with van der Waals surface area (Å²) >= 11 is 0. The monoisotopic (exact) mass is 283 g/mol. The molecule has 0 atom stereocenters. The molecule has 0 aromatic carbocycles. The lowest BCUT2D eigenvalue weighted by Crippen LogP contribution is -2.41. The van der Waals surface area contributed by atoms with Crippen molar-refractivity contribution in [2.75, 3.05) is 19.7 Å². The van der Waals surface area contributed by atoms with E-state index in [1.807, 2.05) is 4.90 Å². The van der Waals surface area contributed by atoms with Crippen molar-refractivity contribution >= 4 is 11.9 Å². The second-order valence-corrected chi connectivity index (χ2v) is 6.46. The molecule has 5 nitrogen and oxygen atoms in total. The molecule has 1 saturated heterocycles. The fourth-order valence-corrected chi connectivity index (χ4v) is 3.66. The summed E-state index contributed by atoms with van der Waals surface area (Å²) in [5, 5.41) is 18.2. The van der Waals surface area contributed by atoms with Gasteiger partial charge in [0, 0.05) is 26.1 Å². The van der Waals surface area contributed by atoms with Gasteiger partial charge in [0.25, 0.3) is 0 Å². The largest absolute Gasteiger partial charge is 0.481 e. The Kier molecular flexibility index (Phi) is 5.02. The normalized spacial score (nSPS) is 22.9. The average Bonchev–Trinajstić information content (AvgIpc) is 2.86. The maximum absolute atomic E-state index is 12.4. The molecule has 2 fully saturated rings. The van der Waals surface area contributed by atoms with E-state index in [-0.39, 0.29) is 24.3 Å². The summed E-state index contributed by atoms with van der Waals surface area (Å²) in [4.78, 5) is 25.3. The van der Waals surface area contributed by atoms with Crippen LogP contribution in [-0.2, 0) is 9.59 Å². The molecular weight excluding hydrogens is 258 g/mol. The van der Waals surface area contributed by atoms with Gasteiger partial charge >= 0.3 is 5.97 Å². The molecule has 1 saturated carbocycles. The van der Waals surface area contributed by atoms with Crippen LogP contribution in [0.25, 0.3) is 0 Å². The summed E-state index contributed by atoms with van der Waals surface area (Å²) in [5.41, 5.74) is -0.309. The number of carboxylic acid groups (broad SMARTS) is 1. The molecule has 2 aliphatic rings. The van der Waals surface area contributed by atoms with Crippen molar-refractivity contribution in [3.63, 3.8) is 0 Å². The van der Waals surface area contributed by atoms with Crippen LogP contribution in [0.4, 0.5) is 0 Å². The van der Waals surface area contributed by atoms with Crippen molar-refractivity contribution in [3.05, 3.63) is 0 Å². The molecule has 20 heavy (non-hydrogen) atoms. The number of carboxylic acids is 1. The molecule has 0 aromatic heterocycles. The number of carbonyl (C=O) groups is 2. The first-order valence-corrected chi connectivity index (χ1v) is 7.65. The standard InChI is InChI=1S/C15H25NO4/c17-11-12-3-7-16(8-4-12)13(18)9-15(10-14(19)20)5-1-2-6-15/h12,17H,1-11H2,(H,19,20). The van der Waals surface area contributed by atoms with Crippen molar-refractivity contribution in [1.29, 1.82) is 0 Å². The quantitative estimate of drug-likeness (QED) is 0.804. The van der Waals surface area contributed by atoms with Gasteiger partial charge in [-0.3, -0.25) is 9.59 Å².